The Kier molecular flexibility index (Phi) is 6.94. The van der Waals surface area contributed by atoms with Gasteiger partial charge >= 0.3 is 6.18 Å². The average Bonchev–Trinajstić information content (AvgIpc) is 3.15. The van der Waals surface area contributed by atoms with Gasteiger partial charge in [0.2, 0.25) is 11.8 Å². The number of carbonyl (C=O) groups excluding carboxylic acids is 2. The first-order valence-electron chi connectivity index (χ1n) is 10.3. The van der Waals surface area contributed by atoms with Crippen molar-refractivity contribution in [3.05, 3.63) is 60.3 Å². The van der Waals surface area contributed by atoms with Crippen LogP contribution in [0.2, 0.25) is 0 Å². The molecule has 1 aliphatic rings. The van der Waals surface area contributed by atoms with Crippen LogP contribution in [0.3, 0.4) is 0 Å². The number of nitrogens with one attached hydrogen (secondary N) is 1. The van der Waals surface area contributed by atoms with Crippen molar-refractivity contribution < 1.29 is 27.5 Å². The molecular formula is C23H22F3N3O3S. The Bertz CT molecular complexity index is 1140. The Hall–Kier alpha value is -2.98. The first-order valence-corrected chi connectivity index (χ1v) is 11.3. The normalized spacial score (nSPS) is 14.5. The number of thioether (sulfide) groups is 1. The number of anilines is 1. The monoisotopic (exact) mass is 477 g/mol. The number of fused-ring (bicyclic) bond motifs is 1. The summed E-state index contributed by atoms with van der Waals surface area (Å²) in [7, 11) is 0. The quantitative estimate of drug-likeness (QED) is 0.540. The van der Waals surface area contributed by atoms with E-state index < -0.39 is 11.7 Å². The van der Waals surface area contributed by atoms with Crippen LogP contribution in [0.5, 0.6) is 0 Å². The molecule has 1 saturated heterocycles. The predicted octanol–water partition coefficient (Wildman–Crippen LogP) is 4.25. The number of nitrogens with zero attached hydrogens (tertiary/aromatic N) is 2. The van der Waals surface area contributed by atoms with E-state index in [9.17, 15) is 22.8 Å². The van der Waals surface area contributed by atoms with Gasteiger partial charge in [0, 0.05) is 40.8 Å². The lowest BCUT2D eigenvalue weighted by Gasteiger charge is -2.27. The summed E-state index contributed by atoms with van der Waals surface area (Å²) in [6, 6.07) is 12.0. The molecular weight excluding hydrogens is 455 g/mol. The van der Waals surface area contributed by atoms with Crippen molar-refractivity contribution in [2.24, 2.45) is 0 Å². The van der Waals surface area contributed by atoms with Gasteiger partial charge < -0.3 is 19.5 Å². The van der Waals surface area contributed by atoms with Crippen molar-refractivity contribution in [1.82, 2.24) is 9.47 Å². The standard InChI is InChI=1S/C23H22F3N3O3S/c24-23(25,26)16-5-7-17(8-6-16)27-21(30)15-33-20-13-29(19-4-2-1-3-18(19)20)14-22(31)28-9-11-32-12-10-28/h1-8,13H,9-12,14-15H2,(H,27,30). The van der Waals surface area contributed by atoms with Gasteiger partial charge in [-0.3, -0.25) is 9.59 Å². The van der Waals surface area contributed by atoms with Crippen LogP contribution in [-0.4, -0.2) is 53.3 Å². The SMILES string of the molecule is O=C(CSc1cn(CC(=O)N2CCOCC2)c2ccccc12)Nc1ccc(C(F)(F)F)cc1. The van der Waals surface area contributed by atoms with E-state index in [0.29, 0.717) is 32.0 Å². The zero-order valence-corrected chi connectivity index (χ0v) is 18.4. The molecule has 0 atom stereocenters. The van der Waals surface area contributed by atoms with Gasteiger partial charge in [0.25, 0.3) is 0 Å². The van der Waals surface area contributed by atoms with Crippen molar-refractivity contribution in [2.45, 2.75) is 17.6 Å². The van der Waals surface area contributed by atoms with Gasteiger partial charge in [-0.15, -0.1) is 11.8 Å². The molecule has 6 nitrogen and oxygen atoms in total. The number of amides is 2. The van der Waals surface area contributed by atoms with E-state index in [1.165, 1.54) is 23.9 Å². The molecule has 0 saturated carbocycles. The van der Waals surface area contributed by atoms with Gasteiger partial charge in [-0.25, -0.2) is 0 Å². The Balaban J connectivity index is 1.41. The van der Waals surface area contributed by atoms with Crippen LogP contribution >= 0.6 is 11.8 Å². The fourth-order valence-corrected chi connectivity index (χ4v) is 4.49. The molecule has 2 heterocycles. The van der Waals surface area contributed by atoms with Crippen LogP contribution in [0.1, 0.15) is 5.56 Å². The molecule has 0 bridgehead atoms. The second kappa shape index (κ2) is 9.88. The lowest BCUT2D eigenvalue weighted by Crippen LogP contribution is -2.42. The lowest BCUT2D eigenvalue weighted by atomic mass is 10.2. The topological polar surface area (TPSA) is 63.6 Å². The van der Waals surface area contributed by atoms with E-state index in [1.807, 2.05) is 35.0 Å². The number of carbonyl (C=O) groups is 2. The third-order valence-corrected chi connectivity index (χ3v) is 6.32. The number of halogens is 3. The van der Waals surface area contributed by atoms with Crippen LogP contribution in [0.4, 0.5) is 18.9 Å². The minimum atomic E-state index is -4.42. The van der Waals surface area contributed by atoms with Gasteiger partial charge in [-0.05, 0) is 30.3 Å². The molecule has 1 aliphatic heterocycles. The van der Waals surface area contributed by atoms with Gasteiger partial charge in [0.15, 0.2) is 0 Å². The van der Waals surface area contributed by atoms with Crippen molar-refractivity contribution >= 4 is 40.2 Å². The van der Waals surface area contributed by atoms with Crippen LogP contribution in [-0.2, 0) is 27.0 Å². The van der Waals surface area contributed by atoms with Crippen molar-refractivity contribution in [3.8, 4) is 0 Å². The summed E-state index contributed by atoms with van der Waals surface area (Å²) in [6.07, 6.45) is -2.56. The summed E-state index contributed by atoms with van der Waals surface area (Å²) < 4.78 is 45.2. The summed E-state index contributed by atoms with van der Waals surface area (Å²) in [5, 5.41) is 3.54. The molecule has 0 spiro atoms. The molecule has 10 heteroatoms. The maximum absolute atomic E-state index is 12.7. The molecule has 0 unspecified atom stereocenters. The van der Waals surface area contributed by atoms with Gasteiger partial charge in [-0.1, -0.05) is 18.2 Å². The highest BCUT2D eigenvalue weighted by atomic mass is 32.2. The zero-order chi connectivity index (χ0) is 23.4. The maximum atomic E-state index is 12.7. The summed E-state index contributed by atoms with van der Waals surface area (Å²) in [5.74, 6) is -0.247. The smallest absolute Gasteiger partial charge is 0.378 e. The summed E-state index contributed by atoms with van der Waals surface area (Å²) in [5.41, 5.74) is 0.422. The zero-order valence-electron chi connectivity index (χ0n) is 17.6. The molecule has 4 rings (SSSR count). The number of morpholine rings is 1. The summed E-state index contributed by atoms with van der Waals surface area (Å²) in [4.78, 5) is 27.7. The van der Waals surface area contributed by atoms with Crippen LogP contribution < -0.4 is 5.32 Å². The number of rotatable bonds is 6. The Morgan fingerprint density at radius 1 is 1.03 bits per heavy atom. The highest BCUT2D eigenvalue weighted by Crippen LogP contribution is 2.31. The first-order chi connectivity index (χ1) is 15.8. The van der Waals surface area contributed by atoms with Crippen LogP contribution in [0, 0.1) is 0 Å². The Morgan fingerprint density at radius 2 is 1.73 bits per heavy atom. The highest BCUT2D eigenvalue weighted by Gasteiger charge is 2.30. The number of ether oxygens (including phenoxy) is 1. The number of alkyl halides is 3. The van der Waals surface area contributed by atoms with E-state index in [1.54, 1.807) is 4.90 Å². The van der Waals surface area contributed by atoms with Crippen LogP contribution in [0.25, 0.3) is 10.9 Å². The van der Waals surface area contributed by atoms with E-state index in [4.69, 9.17) is 4.74 Å². The molecule has 174 valence electrons. The third kappa shape index (κ3) is 5.69. The van der Waals surface area contributed by atoms with Gasteiger partial charge in [0.1, 0.15) is 6.54 Å². The second-order valence-corrected chi connectivity index (χ2v) is 8.56. The maximum Gasteiger partial charge on any atom is 0.416 e. The van der Waals surface area contributed by atoms with Crippen molar-refractivity contribution in [2.75, 3.05) is 37.4 Å². The van der Waals surface area contributed by atoms with Gasteiger partial charge in [-0.2, -0.15) is 13.2 Å². The predicted molar refractivity (Wildman–Crippen MR) is 120 cm³/mol. The second-order valence-electron chi connectivity index (χ2n) is 7.54. The number of hydrogen-bond donors (Lipinski definition) is 1. The highest BCUT2D eigenvalue weighted by molar-refractivity contribution is 8.00. The summed E-state index contributed by atoms with van der Waals surface area (Å²) >= 11 is 1.31. The fraction of sp³-hybridized carbons (Fsp3) is 0.304. The summed E-state index contributed by atoms with van der Waals surface area (Å²) in [6.45, 7) is 2.41. The Morgan fingerprint density at radius 3 is 2.42 bits per heavy atom. The average molecular weight is 478 g/mol. The van der Waals surface area contributed by atoms with E-state index in [0.717, 1.165) is 27.9 Å². The number of benzene rings is 2. The molecule has 33 heavy (non-hydrogen) atoms. The number of para-hydroxylation sites is 1. The van der Waals surface area contributed by atoms with E-state index >= 15 is 0 Å². The molecule has 1 fully saturated rings. The Labute approximate surface area is 192 Å². The third-order valence-electron chi connectivity index (χ3n) is 5.28. The number of aromatic nitrogens is 1. The van der Waals surface area contributed by atoms with Crippen LogP contribution in [0.15, 0.2) is 59.6 Å². The minimum absolute atomic E-state index is 0.00986. The molecule has 0 aliphatic carbocycles. The molecule has 0 radical (unpaired) electrons. The molecule has 3 aromatic rings. The molecule has 1 N–H and O–H groups in total. The number of hydrogen-bond acceptors (Lipinski definition) is 4. The minimum Gasteiger partial charge on any atom is -0.378 e. The van der Waals surface area contributed by atoms with Crippen molar-refractivity contribution in [3.63, 3.8) is 0 Å². The van der Waals surface area contributed by atoms with Crippen molar-refractivity contribution in [1.29, 1.82) is 0 Å². The molecule has 1 aromatic heterocycles. The molecule has 2 amide bonds. The first kappa shape index (κ1) is 23.2. The lowest BCUT2D eigenvalue weighted by molar-refractivity contribution is -0.137. The molecule has 2 aromatic carbocycles. The fourth-order valence-electron chi connectivity index (χ4n) is 3.60. The largest absolute Gasteiger partial charge is 0.416 e. The van der Waals surface area contributed by atoms with Gasteiger partial charge in [0.05, 0.1) is 24.5 Å². The van der Waals surface area contributed by atoms with E-state index in [-0.39, 0.29) is 24.1 Å². The van der Waals surface area contributed by atoms with E-state index in [2.05, 4.69) is 5.32 Å².